The molecule has 0 saturated carbocycles. The lowest BCUT2D eigenvalue weighted by molar-refractivity contribution is -0.152. The standard InChI is InChI=1S/C28H30FNO5S/c1-4-8-19-25(28(33)35-6-3)22(16-10-12-17(29)13-11-16)24-20(30-19)15-18(21-9-7-14-36-21)23(26(24)31)27(32)34-5-2/h7,9-14,18,22-23,30H,4-6,8,15H2,1-3H3/t18-,22-,23-/m1/s1. The Hall–Kier alpha value is -3.26. The predicted molar refractivity (Wildman–Crippen MR) is 135 cm³/mol. The first-order valence-electron chi connectivity index (χ1n) is 12.3. The van der Waals surface area contributed by atoms with Gasteiger partial charge in [-0.3, -0.25) is 9.59 Å². The molecule has 1 aromatic carbocycles. The molecule has 0 spiro atoms. The van der Waals surface area contributed by atoms with Gasteiger partial charge in [0, 0.05) is 33.7 Å². The van der Waals surface area contributed by atoms with Crippen LogP contribution in [-0.4, -0.2) is 30.9 Å². The highest BCUT2D eigenvalue weighted by Gasteiger charge is 2.49. The van der Waals surface area contributed by atoms with E-state index in [1.807, 2.05) is 24.4 Å². The van der Waals surface area contributed by atoms with Crippen LogP contribution in [0.4, 0.5) is 4.39 Å². The number of Topliss-reactive ketones (excluding diaryl/α,β-unsaturated/α-hetero) is 1. The lowest BCUT2D eigenvalue weighted by Gasteiger charge is -2.39. The van der Waals surface area contributed by atoms with Gasteiger partial charge in [0.1, 0.15) is 11.7 Å². The van der Waals surface area contributed by atoms with Crippen LogP contribution in [0.2, 0.25) is 0 Å². The molecule has 2 aromatic rings. The molecule has 2 heterocycles. The zero-order valence-electron chi connectivity index (χ0n) is 20.6. The molecule has 4 rings (SSSR count). The van der Waals surface area contributed by atoms with Crippen molar-refractivity contribution in [1.29, 1.82) is 0 Å². The number of thiophene rings is 1. The molecule has 190 valence electrons. The van der Waals surface area contributed by atoms with Crippen LogP contribution in [0.1, 0.15) is 62.3 Å². The van der Waals surface area contributed by atoms with Crippen LogP contribution in [0.3, 0.4) is 0 Å². The van der Waals surface area contributed by atoms with Crippen molar-refractivity contribution in [3.63, 3.8) is 0 Å². The van der Waals surface area contributed by atoms with Crippen molar-refractivity contribution in [1.82, 2.24) is 5.32 Å². The molecule has 1 aliphatic heterocycles. The maximum Gasteiger partial charge on any atom is 0.336 e. The minimum Gasteiger partial charge on any atom is -0.465 e. The number of carbonyl (C=O) groups is 3. The normalized spacial score (nSPS) is 21.7. The molecule has 36 heavy (non-hydrogen) atoms. The summed E-state index contributed by atoms with van der Waals surface area (Å²) in [4.78, 5) is 41.5. The van der Waals surface area contributed by atoms with Crippen LogP contribution in [0.5, 0.6) is 0 Å². The van der Waals surface area contributed by atoms with Gasteiger partial charge in [0.2, 0.25) is 0 Å². The van der Waals surface area contributed by atoms with Crippen LogP contribution in [0.25, 0.3) is 0 Å². The fourth-order valence-electron chi connectivity index (χ4n) is 5.11. The molecule has 0 amide bonds. The maximum atomic E-state index is 14.2. The monoisotopic (exact) mass is 511 g/mol. The van der Waals surface area contributed by atoms with E-state index in [0.29, 0.717) is 40.9 Å². The molecule has 0 saturated heterocycles. The molecule has 0 fully saturated rings. The van der Waals surface area contributed by atoms with Crippen molar-refractivity contribution in [3.8, 4) is 0 Å². The summed E-state index contributed by atoms with van der Waals surface area (Å²) in [5, 5.41) is 5.31. The number of nitrogens with one attached hydrogen (secondary N) is 1. The number of allylic oxidation sites excluding steroid dienone is 3. The molecule has 1 N–H and O–H groups in total. The predicted octanol–water partition coefficient (Wildman–Crippen LogP) is 5.38. The molecule has 6 nitrogen and oxygen atoms in total. The van der Waals surface area contributed by atoms with E-state index in [9.17, 15) is 18.8 Å². The molecule has 0 radical (unpaired) electrons. The zero-order valence-corrected chi connectivity index (χ0v) is 21.5. The SMILES string of the molecule is CCCC1=C(C(=O)OCC)[C@H](c2ccc(F)cc2)C2=C(C[C@H](c3cccs3)[C@@H](C(=O)OCC)C2=O)N1. The van der Waals surface area contributed by atoms with Gasteiger partial charge in [0.15, 0.2) is 5.78 Å². The highest BCUT2D eigenvalue weighted by atomic mass is 32.1. The third-order valence-electron chi connectivity index (χ3n) is 6.55. The maximum absolute atomic E-state index is 14.2. The highest BCUT2D eigenvalue weighted by molar-refractivity contribution is 7.10. The van der Waals surface area contributed by atoms with E-state index in [0.717, 1.165) is 11.3 Å². The summed E-state index contributed by atoms with van der Waals surface area (Å²) < 4.78 is 24.6. The van der Waals surface area contributed by atoms with Gasteiger partial charge in [0.25, 0.3) is 0 Å². The highest BCUT2D eigenvalue weighted by Crippen LogP contribution is 2.49. The number of ether oxygens (including phenoxy) is 2. The second kappa shape index (κ2) is 11.2. The molecule has 1 aromatic heterocycles. The van der Waals surface area contributed by atoms with E-state index in [2.05, 4.69) is 5.32 Å². The Balaban J connectivity index is 1.91. The van der Waals surface area contributed by atoms with E-state index in [1.165, 1.54) is 23.5 Å². The number of dihydropyridines is 1. The summed E-state index contributed by atoms with van der Waals surface area (Å²) in [6.45, 7) is 5.76. The molecule has 8 heteroatoms. The Kier molecular flexibility index (Phi) is 8.04. The molecular weight excluding hydrogens is 481 g/mol. The number of hydrogen-bond donors (Lipinski definition) is 1. The average molecular weight is 512 g/mol. The van der Waals surface area contributed by atoms with Crippen molar-refractivity contribution in [2.75, 3.05) is 13.2 Å². The Morgan fingerprint density at radius 2 is 1.81 bits per heavy atom. The number of carbonyl (C=O) groups excluding carboxylic acids is 3. The Labute approximate surface area is 214 Å². The number of ketones is 1. The van der Waals surface area contributed by atoms with Crippen LogP contribution >= 0.6 is 11.3 Å². The first-order valence-corrected chi connectivity index (χ1v) is 13.2. The van der Waals surface area contributed by atoms with Gasteiger partial charge < -0.3 is 14.8 Å². The first kappa shape index (κ1) is 25.8. The topological polar surface area (TPSA) is 81.7 Å². The Morgan fingerprint density at radius 1 is 1.08 bits per heavy atom. The fraction of sp³-hybridized carbons (Fsp3) is 0.393. The van der Waals surface area contributed by atoms with Crippen LogP contribution < -0.4 is 5.32 Å². The van der Waals surface area contributed by atoms with E-state index < -0.39 is 29.6 Å². The zero-order chi connectivity index (χ0) is 25.8. The number of halogens is 1. The molecule has 1 aliphatic carbocycles. The smallest absolute Gasteiger partial charge is 0.336 e. The number of rotatable bonds is 8. The molecule has 3 atom stereocenters. The van der Waals surface area contributed by atoms with Gasteiger partial charge in [0.05, 0.1) is 18.8 Å². The summed E-state index contributed by atoms with van der Waals surface area (Å²) in [5.41, 5.74) is 2.64. The van der Waals surface area contributed by atoms with Gasteiger partial charge in [-0.05, 0) is 55.8 Å². The van der Waals surface area contributed by atoms with Crippen molar-refractivity contribution in [3.05, 3.63) is 80.6 Å². The summed E-state index contributed by atoms with van der Waals surface area (Å²) in [6.07, 6.45) is 1.74. The fourth-order valence-corrected chi connectivity index (χ4v) is 5.97. The number of hydrogen-bond acceptors (Lipinski definition) is 7. The van der Waals surface area contributed by atoms with Crippen LogP contribution in [-0.2, 0) is 23.9 Å². The lowest BCUT2D eigenvalue weighted by Crippen LogP contribution is -2.43. The first-order chi connectivity index (χ1) is 17.4. The summed E-state index contributed by atoms with van der Waals surface area (Å²) in [5.74, 6) is -4.12. The van der Waals surface area contributed by atoms with Crippen LogP contribution in [0.15, 0.2) is 64.3 Å². The van der Waals surface area contributed by atoms with Gasteiger partial charge >= 0.3 is 11.9 Å². The van der Waals surface area contributed by atoms with Crippen molar-refractivity contribution in [2.24, 2.45) is 5.92 Å². The van der Waals surface area contributed by atoms with Gasteiger partial charge in [-0.25, -0.2) is 9.18 Å². The van der Waals surface area contributed by atoms with E-state index >= 15 is 0 Å². The van der Waals surface area contributed by atoms with Crippen molar-refractivity contribution < 1.29 is 28.2 Å². The molecular formula is C28H30FNO5S. The number of benzene rings is 1. The molecule has 0 unspecified atom stereocenters. The average Bonchev–Trinajstić information content (AvgIpc) is 3.39. The second-order valence-corrected chi connectivity index (χ2v) is 9.76. The van der Waals surface area contributed by atoms with Crippen molar-refractivity contribution >= 4 is 29.1 Å². The molecule has 0 bridgehead atoms. The lowest BCUT2D eigenvalue weighted by atomic mass is 9.68. The number of esters is 2. The van der Waals surface area contributed by atoms with Crippen molar-refractivity contribution in [2.45, 2.75) is 51.9 Å². The second-order valence-electron chi connectivity index (χ2n) is 8.78. The van der Waals surface area contributed by atoms with Gasteiger partial charge in [-0.15, -0.1) is 11.3 Å². The van der Waals surface area contributed by atoms with Gasteiger partial charge in [-0.1, -0.05) is 31.5 Å². The summed E-state index contributed by atoms with van der Waals surface area (Å²) in [7, 11) is 0. The van der Waals surface area contributed by atoms with E-state index in [1.54, 1.807) is 26.0 Å². The summed E-state index contributed by atoms with van der Waals surface area (Å²) >= 11 is 1.49. The Morgan fingerprint density at radius 3 is 2.42 bits per heavy atom. The van der Waals surface area contributed by atoms with E-state index in [4.69, 9.17) is 9.47 Å². The summed E-state index contributed by atoms with van der Waals surface area (Å²) in [6, 6.07) is 9.60. The minimum absolute atomic E-state index is 0.153. The minimum atomic E-state index is -1.04. The quantitative estimate of drug-likeness (QED) is 0.379. The largest absolute Gasteiger partial charge is 0.465 e. The van der Waals surface area contributed by atoms with Crippen LogP contribution in [0, 0.1) is 11.7 Å². The van der Waals surface area contributed by atoms with E-state index in [-0.39, 0.29) is 24.9 Å². The van der Waals surface area contributed by atoms with Gasteiger partial charge in [-0.2, -0.15) is 0 Å². The Bertz CT molecular complexity index is 1200. The third kappa shape index (κ3) is 4.87. The molecule has 2 aliphatic rings. The third-order valence-corrected chi connectivity index (χ3v) is 7.56.